The normalized spacial score (nSPS) is 15.0. The highest BCUT2D eigenvalue weighted by Gasteiger charge is 2.17. The van der Waals surface area contributed by atoms with Gasteiger partial charge in [0.1, 0.15) is 0 Å². The van der Waals surface area contributed by atoms with Crippen LogP contribution in [0, 0.1) is 6.92 Å². The van der Waals surface area contributed by atoms with Gasteiger partial charge in [-0.15, -0.1) is 0 Å². The van der Waals surface area contributed by atoms with E-state index in [1.165, 1.54) is 6.42 Å². The topological polar surface area (TPSA) is 59.2 Å². The molecule has 1 aromatic heterocycles. The number of rotatable bonds is 4. The van der Waals surface area contributed by atoms with Crippen molar-refractivity contribution in [1.82, 2.24) is 15.0 Å². The molecule has 1 aromatic carbocycles. The molecule has 0 spiro atoms. The number of carbonyl (C=O) groups is 1. The summed E-state index contributed by atoms with van der Waals surface area (Å²) < 4.78 is 5.26. The Bertz CT molecular complexity index is 645. The second-order valence-corrected chi connectivity index (χ2v) is 5.82. The molecule has 3 rings (SSSR count). The molecule has 116 valence electrons. The summed E-state index contributed by atoms with van der Waals surface area (Å²) in [7, 11) is 0. The lowest BCUT2D eigenvalue weighted by Crippen LogP contribution is -2.35. The van der Waals surface area contributed by atoms with Crippen molar-refractivity contribution >= 4 is 5.91 Å². The van der Waals surface area contributed by atoms with Gasteiger partial charge in [-0.05, 0) is 32.3 Å². The number of aromatic nitrogens is 2. The van der Waals surface area contributed by atoms with E-state index >= 15 is 0 Å². The van der Waals surface area contributed by atoms with Crippen molar-refractivity contribution in [3.05, 3.63) is 35.7 Å². The molecule has 2 aromatic rings. The van der Waals surface area contributed by atoms with Crippen molar-refractivity contribution in [1.29, 1.82) is 0 Å². The van der Waals surface area contributed by atoms with Gasteiger partial charge in [0.05, 0.1) is 0 Å². The molecule has 0 radical (unpaired) electrons. The number of carbonyl (C=O) groups excluding carboxylic acids is 1. The lowest BCUT2D eigenvalue weighted by Gasteiger charge is -2.26. The second-order valence-electron chi connectivity index (χ2n) is 5.82. The van der Waals surface area contributed by atoms with Gasteiger partial charge < -0.3 is 9.42 Å². The molecule has 0 atom stereocenters. The number of amides is 1. The molecule has 1 amide bonds. The van der Waals surface area contributed by atoms with Crippen molar-refractivity contribution in [2.75, 3.05) is 13.1 Å². The maximum Gasteiger partial charge on any atom is 0.227 e. The van der Waals surface area contributed by atoms with E-state index in [0.29, 0.717) is 24.6 Å². The van der Waals surface area contributed by atoms with E-state index in [0.717, 1.165) is 37.1 Å². The van der Waals surface area contributed by atoms with Gasteiger partial charge in [0.15, 0.2) is 0 Å². The molecule has 2 heterocycles. The van der Waals surface area contributed by atoms with E-state index in [2.05, 4.69) is 10.1 Å². The molecule has 0 N–H and O–H groups in total. The highest BCUT2D eigenvalue weighted by Crippen LogP contribution is 2.18. The van der Waals surface area contributed by atoms with Crippen molar-refractivity contribution in [2.24, 2.45) is 0 Å². The second kappa shape index (κ2) is 6.73. The average molecular weight is 299 g/mol. The van der Waals surface area contributed by atoms with Crippen molar-refractivity contribution in [3.63, 3.8) is 0 Å². The van der Waals surface area contributed by atoms with Crippen LogP contribution in [0.3, 0.4) is 0 Å². The molecule has 0 saturated carbocycles. The van der Waals surface area contributed by atoms with E-state index < -0.39 is 0 Å². The maximum atomic E-state index is 12.1. The smallest absolute Gasteiger partial charge is 0.227 e. The summed E-state index contributed by atoms with van der Waals surface area (Å²) in [4.78, 5) is 18.5. The molecule has 0 aliphatic carbocycles. The van der Waals surface area contributed by atoms with Crippen LogP contribution in [0.4, 0.5) is 0 Å². The minimum atomic E-state index is 0.190. The van der Waals surface area contributed by atoms with Gasteiger partial charge in [-0.1, -0.05) is 28.9 Å². The average Bonchev–Trinajstić information content (AvgIpc) is 3.02. The number of piperidine rings is 1. The fraction of sp³-hybridized carbons (Fsp3) is 0.471. The molecule has 22 heavy (non-hydrogen) atoms. The summed E-state index contributed by atoms with van der Waals surface area (Å²) in [6, 6.07) is 7.98. The largest absolute Gasteiger partial charge is 0.343 e. The third-order valence-corrected chi connectivity index (χ3v) is 4.01. The first kappa shape index (κ1) is 14.8. The van der Waals surface area contributed by atoms with Crippen molar-refractivity contribution < 1.29 is 9.32 Å². The van der Waals surface area contributed by atoms with Crippen LogP contribution in [0.2, 0.25) is 0 Å². The third-order valence-electron chi connectivity index (χ3n) is 4.01. The lowest BCUT2D eigenvalue weighted by molar-refractivity contribution is -0.132. The van der Waals surface area contributed by atoms with Crippen LogP contribution in [0.5, 0.6) is 0 Å². The zero-order valence-corrected chi connectivity index (χ0v) is 12.9. The van der Waals surface area contributed by atoms with Gasteiger partial charge in [0.25, 0.3) is 0 Å². The zero-order chi connectivity index (χ0) is 15.4. The highest BCUT2D eigenvalue weighted by molar-refractivity contribution is 5.76. The van der Waals surface area contributed by atoms with Crippen molar-refractivity contribution in [2.45, 2.75) is 39.0 Å². The lowest BCUT2D eigenvalue weighted by atomic mass is 10.1. The van der Waals surface area contributed by atoms with Gasteiger partial charge in [-0.2, -0.15) is 4.98 Å². The van der Waals surface area contributed by atoms with Gasteiger partial charge in [-0.25, -0.2) is 0 Å². The SMILES string of the molecule is Cc1cccc(-c2noc(CCC(=O)N3CCCCC3)n2)c1. The van der Waals surface area contributed by atoms with Crippen LogP contribution in [0.1, 0.15) is 37.1 Å². The summed E-state index contributed by atoms with van der Waals surface area (Å²) in [6.07, 6.45) is 4.41. The number of aryl methyl sites for hydroxylation is 2. The molecule has 1 aliphatic heterocycles. The number of hydrogen-bond acceptors (Lipinski definition) is 4. The first-order valence-corrected chi connectivity index (χ1v) is 7.90. The molecule has 1 fully saturated rings. The van der Waals surface area contributed by atoms with Gasteiger partial charge in [0.2, 0.25) is 17.6 Å². The molecule has 0 bridgehead atoms. The Balaban J connectivity index is 1.59. The fourth-order valence-corrected chi connectivity index (χ4v) is 2.77. The van der Waals surface area contributed by atoms with E-state index in [9.17, 15) is 4.79 Å². The Morgan fingerprint density at radius 2 is 2.09 bits per heavy atom. The van der Waals surface area contributed by atoms with Crippen LogP contribution in [-0.4, -0.2) is 34.0 Å². The monoisotopic (exact) mass is 299 g/mol. The van der Waals surface area contributed by atoms with Crippen molar-refractivity contribution in [3.8, 4) is 11.4 Å². The van der Waals surface area contributed by atoms with Gasteiger partial charge in [0, 0.05) is 31.5 Å². The number of nitrogens with zero attached hydrogens (tertiary/aromatic N) is 3. The van der Waals surface area contributed by atoms with Gasteiger partial charge >= 0.3 is 0 Å². The number of hydrogen-bond donors (Lipinski definition) is 0. The van der Waals surface area contributed by atoms with Gasteiger partial charge in [-0.3, -0.25) is 4.79 Å². The summed E-state index contributed by atoms with van der Waals surface area (Å²) >= 11 is 0. The maximum absolute atomic E-state index is 12.1. The van der Waals surface area contributed by atoms with E-state index in [4.69, 9.17) is 4.52 Å². The Morgan fingerprint density at radius 3 is 2.86 bits per heavy atom. The predicted molar refractivity (Wildman–Crippen MR) is 83.2 cm³/mol. The molecule has 1 saturated heterocycles. The van der Waals surface area contributed by atoms with Crippen LogP contribution in [0.15, 0.2) is 28.8 Å². The Kier molecular flexibility index (Phi) is 4.51. The fourth-order valence-electron chi connectivity index (χ4n) is 2.77. The van der Waals surface area contributed by atoms with Crippen LogP contribution >= 0.6 is 0 Å². The predicted octanol–water partition coefficient (Wildman–Crippen LogP) is 2.99. The molecule has 5 nitrogen and oxygen atoms in total. The van der Waals surface area contributed by atoms with Crippen LogP contribution in [0.25, 0.3) is 11.4 Å². The first-order chi connectivity index (χ1) is 10.7. The van der Waals surface area contributed by atoms with Crippen LogP contribution in [-0.2, 0) is 11.2 Å². The Hall–Kier alpha value is -2.17. The van der Waals surface area contributed by atoms with E-state index in [1.54, 1.807) is 0 Å². The minimum absolute atomic E-state index is 0.190. The Morgan fingerprint density at radius 1 is 1.27 bits per heavy atom. The van der Waals surface area contributed by atoms with Crippen LogP contribution < -0.4 is 0 Å². The third kappa shape index (κ3) is 3.53. The molecule has 1 aliphatic rings. The molecule has 0 unspecified atom stereocenters. The first-order valence-electron chi connectivity index (χ1n) is 7.90. The summed E-state index contributed by atoms with van der Waals surface area (Å²) in [5, 5.41) is 4.01. The number of likely N-dealkylation sites (tertiary alicyclic amines) is 1. The molecular formula is C17H21N3O2. The quantitative estimate of drug-likeness (QED) is 0.871. The standard InChI is InChI=1S/C17H21N3O2/c1-13-6-5-7-14(12-13)17-18-15(22-19-17)8-9-16(21)20-10-3-2-4-11-20/h5-7,12H,2-4,8-11H2,1H3. The summed E-state index contributed by atoms with van der Waals surface area (Å²) in [5.41, 5.74) is 2.10. The van der Waals surface area contributed by atoms with E-state index in [1.807, 2.05) is 36.1 Å². The molecular weight excluding hydrogens is 278 g/mol. The van der Waals surface area contributed by atoms with E-state index in [-0.39, 0.29) is 5.91 Å². The summed E-state index contributed by atoms with van der Waals surface area (Å²) in [5.74, 6) is 1.31. The molecule has 5 heteroatoms. The highest BCUT2D eigenvalue weighted by atomic mass is 16.5. The zero-order valence-electron chi connectivity index (χ0n) is 12.9. The Labute approximate surface area is 130 Å². The summed E-state index contributed by atoms with van der Waals surface area (Å²) in [6.45, 7) is 3.80. The number of benzene rings is 1. The minimum Gasteiger partial charge on any atom is -0.343 e.